The molecule has 30 heavy (non-hydrogen) atoms. The number of nitrogens with zero attached hydrogens (tertiary/aromatic N) is 1. The Morgan fingerprint density at radius 1 is 1.13 bits per heavy atom. The largest absolute Gasteiger partial charge is 0.489 e. The first-order valence-electron chi connectivity index (χ1n) is 9.36. The number of benzene rings is 2. The van der Waals surface area contributed by atoms with E-state index in [9.17, 15) is 9.59 Å². The number of carbonyl (C=O) groups excluding carboxylic acids is 1. The minimum Gasteiger partial charge on any atom is -0.489 e. The van der Waals surface area contributed by atoms with Gasteiger partial charge < -0.3 is 15.0 Å². The molecule has 0 bridgehead atoms. The smallest absolute Gasteiger partial charge is 0.259 e. The maximum absolute atomic E-state index is 12.1. The van der Waals surface area contributed by atoms with Gasteiger partial charge in [-0.2, -0.15) is 0 Å². The molecule has 4 rings (SSSR count). The standard InChI is InChI=1S/C23H19N3O3S/c27-21(24-13-19-12-20-22(28)25-15-26-23(20)30-19)11-8-16-6-9-18(10-7-16)29-14-17-4-2-1-3-5-17/h1-12,15H,13-14H2,(H,24,27)(H,25,26,28)/b11-8+. The van der Waals surface area contributed by atoms with E-state index in [0.29, 0.717) is 23.4 Å². The number of nitrogens with one attached hydrogen (secondary N) is 2. The third-order valence-electron chi connectivity index (χ3n) is 4.38. The van der Waals surface area contributed by atoms with Crippen LogP contribution in [0.5, 0.6) is 5.75 Å². The minimum absolute atomic E-state index is 0.176. The molecule has 1 amide bonds. The number of amides is 1. The normalized spacial score (nSPS) is 11.1. The van der Waals surface area contributed by atoms with Crippen LogP contribution in [0.3, 0.4) is 0 Å². The molecule has 0 atom stereocenters. The fourth-order valence-corrected chi connectivity index (χ4v) is 3.76. The molecule has 7 heteroatoms. The average Bonchev–Trinajstić information content (AvgIpc) is 3.21. The second kappa shape index (κ2) is 9.19. The van der Waals surface area contributed by atoms with E-state index < -0.39 is 0 Å². The minimum atomic E-state index is -0.210. The topological polar surface area (TPSA) is 84.1 Å². The predicted octanol–water partition coefficient (Wildman–Crippen LogP) is 3.89. The van der Waals surface area contributed by atoms with Crippen LogP contribution in [0, 0.1) is 0 Å². The maximum Gasteiger partial charge on any atom is 0.259 e. The van der Waals surface area contributed by atoms with Crippen LogP contribution in [-0.2, 0) is 17.9 Å². The molecule has 150 valence electrons. The summed E-state index contributed by atoms with van der Waals surface area (Å²) in [6.07, 6.45) is 4.61. The molecule has 0 spiro atoms. The number of thiophene rings is 1. The molecule has 0 aliphatic carbocycles. The molecule has 6 nitrogen and oxygen atoms in total. The quantitative estimate of drug-likeness (QED) is 0.447. The van der Waals surface area contributed by atoms with Gasteiger partial charge in [0.15, 0.2) is 0 Å². The molecule has 0 aliphatic rings. The van der Waals surface area contributed by atoms with Gasteiger partial charge in [-0.15, -0.1) is 11.3 Å². The summed E-state index contributed by atoms with van der Waals surface area (Å²) >= 11 is 1.39. The molecule has 4 aromatic rings. The van der Waals surface area contributed by atoms with Crippen molar-refractivity contribution in [1.29, 1.82) is 0 Å². The summed E-state index contributed by atoms with van der Waals surface area (Å²) in [4.78, 5) is 32.0. The number of fused-ring (bicyclic) bond motifs is 1. The van der Waals surface area contributed by atoms with Crippen molar-refractivity contribution in [2.45, 2.75) is 13.2 Å². The highest BCUT2D eigenvalue weighted by atomic mass is 32.1. The lowest BCUT2D eigenvalue weighted by Crippen LogP contribution is -2.19. The van der Waals surface area contributed by atoms with Crippen LogP contribution in [-0.4, -0.2) is 15.9 Å². The zero-order valence-electron chi connectivity index (χ0n) is 16.0. The summed E-state index contributed by atoms with van der Waals surface area (Å²) in [5.41, 5.74) is 1.83. The number of hydrogen-bond acceptors (Lipinski definition) is 5. The molecular formula is C23H19N3O3S. The summed E-state index contributed by atoms with van der Waals surface area (Å²) in [6, 6.07) is 19.3. The van der Waals surface area contributed by atoms with Gasteiger partial charge in [0.25, 0.3) is 5.56 Å². The van der Waals surface area contributed by atoms with Crippen molar-refractivity contribution >= 4 is 33.5 Å². The van der Waals surface area contributed by atoms with Crippen LogP contribution in [0.4, 0.5) is 0 Å². The highest BCUT2D eigenvalue weighted by molar-refractivity contribution is 7.18. The first-order chi connectivity index (χ1) is 14.7. The van der Waals surface area contributed by atoms with Crippen LogP contribution in [0.25, 0.3) is 16.3 Å². The number of aromatic nitrogens is 2. The van der Waals surface area contributed by atoms with Crippen molar-refractivity contribution in [2.24, 2.45) is 0 Å². The van der Waals surface area contributed by atoms with E-state index in [4.69, 9.17) is 4.74 Å². The molecule has 2 aromatic carbocycles. The number of H-pyrrole nitrogens is 1. The van der Waals surface area contributed by atoms with Gasteiger partial charge in [0.2, 0.25) is 5.91 Å². The van der Waals surface area contributed by atoms with Gasteiger partial charge in [0, 0.05) is 11.0 Å². The van der Waals surface area contributed by atoms with E-state index >= 15 is 0 Å². The van der Waals surface area contributed by atoms with Crippen LogP contribution in [0.15, 0.2) is 77.9 Å². The molecule has 2 heterocycles. The van der Waals surface area contributed by atoms with Crippen molar-refractivity contribution in [3.8, 4) is 5.75 Å². The van der Waals surface area contributed by atoms with Crippen molar-refractivity contribution in [1.82, 2.24) is 15.3 Å². The molecule has 2 N–H and O–H groups in total. The Balaban J connectivity index is 1.29. The Labute approximate surface area is 176 Å². The summed E-state index contributed by atoms with van der Waals surface area (Å²) < 4.78 is 5.76. The number of carbonyl (C=O) groups is 1. The van der Waals surface area contributed by atoms with Crippen molar-refractivity contribution in [3.63, 3.8) is 0 Å². The average molecular weight is 417 g/mol. The fourth-order valence-electron chi connectivity index (χ4n) is 2.83. The lowest BCUT2D eigenvalue weighted by Gasteiger charge is -2.06. The molecule has 0 unspecified atom stereocenters. The van der Waals surface area contributed by atoms with E-state index in [1.165, 1.54) is 23.7 Å². The highest BCUT2D eigenvalue weighted by Crippen LogP contribution is 2.20. The molecule has 0 saturated heterocycles. The lowest BCUT2D eigenvalue weighted by molar-refractivity contribution is -0.116. The number of rotatable bonds is 7. The van der Waals surface area contributed by atoms with Gasteiger partial charge in [-0.1, -0.05) is 42.5 Å². The third kappa shape index (κ3) is 5.01. The monoisotopic (exact) mass is 417 g/mol. The molecule has 0 aliphatic heterocycles. The zero-order valence-corrected chi connectivity index (χ0v) is 16.8. The summed E-state index contributed by atoms with van der Waals surface area (Å²) in [5, 5.41) is 3.36. The number of hydrogen-bond donors (Lipinski definition) is 2. The second-order valence-corrected chi connectivity index (χ2v) is 7.67. The summed E-state index contributed by atoms with van der Waals surface area (Å²) in [7, 11) is 0. The van der Waals surface area contributed by atoms with E-state index in [0.717, 1.165) is 21.8 Å². The molecule has 0 saturated carbocycles. The van der Waals surface area contributed by atoms with Crippen molar-refractivity contribution < 1.29 is 9.53 Å². The van der Waals surface area contributed by atoms with Gasteiger partial charge >= 0.3 is 0 Å². The first kappa shape index (κ1) is 19.6. The van der Waals surface area contributed by atoms with E-state index in [1.807, 2.05) is 54.6 Å². The van der Waals surface area contributed by atoms with Gasteiger partial charge in [-0.3, -0.25) is 9.59 Å². The number of aromatic amines is 1. The van der Waals surface area contributed by atoms with Gasteiger partial charge in [0.1, 0.15) is 17.2 Å². The third-order valence-corrected chi connectivity index (χ3v) is 5.42. The Morgan fingerprint density at radius 3 is 2.70 bits per heavy atom. The molecular weight excluding hydrogens is 398 g/mol. The Bertz CT molecular complexity index is 1230. The highest BCUT2D eigenvalue weighted by Gasteiger charge is 2.06. The number of ether oxygens (including phenoxy) is 1. The van der Waals surface area contributed by atoms with Crippen molar-refractivity contribution in [2.75, 3.05) is 0 Å². The van der Waals surface area contributed by atoms with Crippen LogP contribution < -0.4 is 15.6 Å². The zero-order chi connectivity index (χ0) is 20.8. The van der Waals surface area contributed by atoms with E-state index in [1.54, 1.807) is 12.1 Å². The summed E-state index contributed by atoms with van der Waals surface area (Å²) in [5.74, 6) is 0.563. The Hall–Kier alpha value is -3.71. The van der Waals surface area contributed by atoms with Crippen molar-refractivity contribution in [3.05, 3.63) is 99.4 Å². The van der Waals surface area contributed by atoms with Crippen LogP contribution >= 0.6 is 11.3 Å². The van der Waals surface area contributed by atoms with E-state index in [-0.39, 0.29) is 11.5 Å². The first-order valence-corrected chi connectivity index (χ1v) is 10.2. The predicted molar refractivity (Wildman–Crippen MR) is 118 cm³/mol. The lowest BCUT2D eigenvalue weighted by atomic mass is 10.2. The molecule has 0 radical (unpaired) electrons. The van der Waals surface area contributed by atoms with Gasteiger partial charge in [-0.05, 0) is 35.4 Å². The SMILES string of the molecule is O=C(/C=C/c1ccc(OCc2ccccc2)cc1)NCc1cc2c(=O)[nH]cnc2s1. The maximum atomic E-state index is 12.1. The fraction of sp³-hybridized carbons (Fsp3) is 0.0870. The second-order valence-electron chi connectivity index (χ2n) is 6.56. The van der Waals surface area contributed by atoms with Gasteiger partial charge in [0.05, 0.1) is 18.3 Å². The Morgan fingerprint density at radius 2 is 1.93 bits per heavy atom. The van der Waals surface area contributed by atoms with Crippen LogP contribution in [0.1, 0.15) is 16.0 Å². The molecule has 2 aromatic heterocycles. The molecule has 0 fully saturated rings. The Kier molecular flexibility index (Phi) is 6.01. The summed E-state index contributed by atoms with van der Waals surface area (Å²) in [6.45, 7) is 0.855. The van der Waals surface area contributed by atoms with Crippen LogP contribution in [0.2, 0.25) is 0 Å². The van der Waals surface area contributed by atoms with E-state index in [2.05, 4.69) is 15.3 Å². The van der Waals surface area contributed by atoms with Gasteiger partial charge in [-0.25, -0.2) is 4.98 Å².